The van der Waals surface area contributed by atoms with Crippen molar-refractivity contribution in [1.29, 1.82) is 0 Å². The Morgan fingerprint density at radius 1 is 1.29 bits per heavy atom. The molecule has 3 heterocycles. The summed E-state index contributed by atoms with van der Waals surface area (Å²) in [5.41, 5.74) is 0.453. The van der Waals surface area contributed by atoms with E-state index in [9.17, 15) is 18.0 Å². The minimum atomic E-state index is -4.46. The van der Waals surface area contributed by atoms with Crippen molar-refractivity contribution in [2.75, 3.05) is 5.75 Å². The lowest BCUT2D eigenvalue weighted by Crippen LogP contribution is -2.28. The van der Waals surface area contributed by atoms with Gasteiger partial charge in [0.25, 0.3) is 0 Å². The van der Waals surface area contributed by atoms with E-state index in [1.165, 1.54) is 18.7 Å². The maximum absolute atomic E-state index is 13.0. The molecule has 1 atom stereocenters. The largest absolute Gasteiger partial charge is 0.467 e. The number of amides is 1. The first-order valence-corrected chi connectivity index (χ1v) is 9.18. The highest BCUT2D eigenvalue weighted by atomic mass is 32.2. The second kappa shape index (κ2) is 8.46. The second-order valence-electron chi connectivity index (χ2n) is 5.84. The molecule has 0 aliphatic carbocycles. The number of thioether (sulfide) groups is 1. The summed E-state index contributed by atoms with van der Waals surface area (Å²) in [7, 11) is 0. The van der Waals surface area contributed by atoms with Crippen molar-refractivity contribution in [2.24, 2.45) is 0 Å². The van der Waals surface area contributed by atoms with E-state index in [1.807, 2.05) is 0 Å². The highest BCUT2D eigenvalue weighted by Gasteiger charge is 2.31. The number of pyridine rings is 1. The van der Waals surface area contributed by atoms with E-state index in [1.54, 1.807) is 31.2 Å². The summed E-state index contributed by atoms with van der Waals surface area (Å²) >= 11 is 0.882. The zero-order chi connectivity index (χ0) is 20.1. The molecular formula is C17H16F3N5O2S. The molecule has 1 unspecified atom stereocenters. The number of rotatable bonds is 7. The summed E-state index contributed by atoms with van der Waals surface area (Å²) in [5, 5.41) is 10.4. The van der Waals surface area contributed by atoms with E-state index < -0.39 is 12.7 Å². The number of aromatic nitrogens is 4. The van der Waals surface area contributed by atoms with Gasteiger partial charge in [-0.2, -0.15) is 13.2 Å². The van der Waals surface area contributed by atoms with Crippen molar-refractivity contribution in [1.82, 2.24) is 25.1 Å². The number of furan rings is 1. The second-order valence-corrected chi connectivity index (χ2v) is 6.78. The summed E-state index contributed by atoms with van der Waals surface area (Å²) in [5.74, 6) is 0.170. The van der Waals surface area contributed by atoms with Crippen LogP contribution in [0.1, 0.15) is 18.7 Å². The SMILES string of the molecule is CC(NC(=O)CSc1nnc(-c2ccncc2)n1CC(F)(F)F)c1ccco1. The molecule has 3 aromatic heterocycles. The quantitative estimate of drug-likeness (QED) is 0.600. The van der Waals surface area contributed by atoms with Crippen LogP contribution in [0.4, 0.5) is 13.2 Å². The Morgan fingerprint density at radius 3 is 2.68 bits per heavy atom. The number of carbonyl (C=O) groups is 1. The van der Waals surface area contributed by atoms with Gasteiger partial charge >= 0.3 is 6.18 Å². The molecular weight excluding hydrogens is 395 g/mol. The molecule has 0 spiro atoms. The summed E-state index contributed by atoms with van der Waals surface area (Å²) in [6.45, 7) is 0.486. The van der Waals surface area contributed by atoms with Crippen LogP contribution in [-0.4, -0.2) is 37.6 Å². The number of alkyl halides is 3. The fourth-order valence-electron chi connectivity index (χ4n) is 2.45. The van der Waals surface area contributed by atoms with E-state index in [2.05, 4.69) is 20.5 Å². The number of carbonyl (C=O) groups excluding carboxylic acids is 1. The lowest BCUT2D eigenvalue weighted by atomic mass is 10.2. The van der Waals surface area contributed by atoms with Gasteiger partial charge in [0.15, 0.2) is 11.0 Å². The van der Waals surface area contributed by atoms with E-state index in [0.717, 1.165) is 16.3 Å². The molecule has 3 aromatic rings. The number of hydrogen-bond donors (Lipinski definition) is 1. The number of nitrogens with one attached hydrogen (secondary N) is 1. The minimum Gasteiger partial charge on any atom is -0.467 e. The Hall–Kier alpha value is -2.82. The third-order valence-electron chi connectivity index (χ3n) is 3.67. The van der Waals surface area contributed by atoms with Gasteiger partial charge < -0.3 is 9.73 Å². The highest BCUT2D eigenvalue weighted by Crippen LogP contribution is 2.28. The molecule has 0 radical (unpaired) electrons. The molecule has 0 saturated carbocycles. The molecule has 3 rings (SSSR count). The molecule has 1 N–H and O–H groups in total. The van der Waals surface area contributed by atoms with Crippen molar-refractivity contribution in [2.45, 2.75) is 30.8 Å². The maximum Gasteiger partial charge on any atom is 0.406 e. The molecule has 11 heteroatoms. The first-order valence-electron chi connectivity index (χ1n) is 8.19. The first kappa shape index (κ1) is 19.9. The maximum atomic E-state index is 13.0. The van der Waals surface area contributed by atoms with Crippen molar-refractivity contribution in [3.63, 3.8) is 0 Å². The molecule has 0 bridgehead atoms. The average Bonchev–Trinajstić information content (AvgIpc) is 3.30. The van der Waals surface area contributed by atoms with Gasteiger partial charge in [-0.3, -0.25) is 14.3 Å². The number of hydrogen-bond acceptors (Lipinski definition) is 6. The normalized spacial score (nSPS) is 12.7. The van der Waals surface area contributed by atoms with Gasteiger partial charge in [0.2, 0.25) is 5.91 Å². The van der Waals surface area contributed by atoms with Crippen molar-refractivity contribution < 1.29 is 22.4 Å². The standard InChI is InChI=1S/C17H16F3N5O2S/c1-11(13-3-2-8-27-13)22-14(26)9-28-16-24-23-15(12-4-6-21-7-5-12)25(16)10-17(18,19)20/h2-8,11H,9-10H2,1H3,(H,22,26). The van der Waals surface area contributed by atoms with Crippen LogP contribution in [0.2, 0.25) is 0 Å². The van der Waals surface area contributed by atoms with Crippen molar-refractivity contribution in [3.05, 3.63) is 48.7 Å². The van der Waals surface area contributed by atoms with Crippen LogP contribution in [0, 0.1) is 0 Å². The van der Waals surface area contributed by atoms with Gasteiger partial charge in [-0.25, -0.2) is 0 Å². The number of halogens is 3. The number of nitrogens with zero attached hydrogens (tertiary/aromatic N) is 4. The molecule has 0 fully saturated rings. The third-order valence-corrected chi connectivity index (χ3v) is 4.64. The molecule has 0 aliphatic heterocycles. The summed E-state index contributed by atoms with van der Waals surface area (Å²) in [6.07, 6.45) is -0.0566. The van der Waals surface area contributed by atoms with E-state index in [0.29, 0.717) is 11.3 Å². The van der Waals surface area contributed by atoms with Crippen LogP contribution in [0.15, 0.2) is 52.5 Å². The third kappa shape index (κ3) is 5.12. The smallest absolute Gasteiger partial charge is 0.406 e. The predicted molar refractivity (Wildman–Crippen MR) is 95.3 cm³/mol. The molecule has 1 amide bonds. The Bertz CT molecular complexity index is 913. The van der Waals surface area contributed by atoms with E-state index in [4.69, 9.17) is 4.42 Å². The lowest BCUT2D eigenvalue weighted by Gasteiger charge is -2.13. The van der Waals surface area contributed by atoms with Crippen molar-refractivity contribution >= 4 is 17.7 Å². The molecule has 0 aliphatic rings. The van der Waals surface area contributed by atoms with Crippen LogP contribution < -0.4 is 5.32 Å². The summed E-state index contributed by atoms with van der Waals surface area (Å²) < 4.78 is 45.3. The van der Waals surface area contributed by atoms with Gasteiger partial charge in [0.1, 0.15) is 12.3 Å². The monoisotopic (exact) mass is 411 g/mol. The van der Waals surface area contributed by atoms with Crippen LogP contribution in [-0.2, 0) is 11.3 Å². The predicted octanol–water partition coefficient (Wildman–Crippen LogP) is 3.46. The van der Waals surface area contributed by atoms with Crippen LogP contribution >= 0.6 is 11.8 Å². The Kier molecular flexibility index (Phi) is 6.02. The van der Waals surface area contributed by atoms with Gasteiger partial charge in [-0.1, -0.05) is 11.8 Å². The van der Waals surface area contributed by atoms with Gasteiger partial charge in [0.05, 0.1) is 18.1 Å². The molecule has 0 saturated heterocycles. The fourth-order valence-corrected chi connectivity index (χ4v) is 3.20. The minimum absolute atomic E-state index is 0.00457. The zero-order valence-electron chi connectivity index (χ0n) is 14.7. The van der Waals surface area contributed by atoms with Crippen LogP contribution in [0.3, 0.4) is 0 Å². The summed E-state index contributed by atoms with van der Waals surface area (Å²) in [6, 6.07) is 6.15. The van der Waals surface area contributed by atoms with Gasteiger partial charge in [-0.05, 0) is 31.2 Å². The fraction of sp³-hybridized carbons (Fsp3) is 0.294. The average molecular weight is 411 g/mol. The molecule has 0 aromatic carbocycles. The highest BCUT2D eigenvalue weighted by molar-refractivity contribution is 7.99. The first-order chi connectivity index (χ1) is 13.3. The van der Waals surface area contributed by atoms with Crippen molar-refractivity contribution in [3.8, 4) is 11.4 Å². The molecule has 7 nitrogen and oxygen atoms in total. The van der Waals surface area contributed by atoms with Gasteiger partial charge in [-0.15, -0.1) is 10.2 Å². The Morgan fingerprint density at radius 2 is 2.04 bits per heavy atom. The zero-order valence-corrected chi connectivity index (χ0v) is 15.5. The van der Waals surface area contributed by atoms with Crippen LogP contribution in [0.5, 0.6) is 0 Å². The Balaban J connectivity index is 1.72. The topological polar surface area (TPSA) is 85.8 Å². The Labute approximate surface area is 162 Å². The summed E-state index contributed by atoms with van der Waals surface area (Å²) in [4.78, 5) is 16.0. The molecule has 148 valence electrons. The lowest BCUT2D eigenvalue weighted by molar-refractivity contribution is -0.141. The van der Waals surface area contributed by atoms with Gasteiger partial charge in [0, 0.05) is 18.0 Å². The van der Waals surface area contributed by atoms with E-state index >= 15 is 0 Å². The van der Waals surface area contributed by atoms with E-state index in [-0.39, 0.29) is 28.7 Å². The molecule has 28 heavy (non-hydrogen) atoms. The van der Waals surface area contributed by atoms with Crippen LogP contribution in [0.25, 0.3) is 11.4 Å².